The number of aromatic amines is 1. The Labute approximate surface area is 159 Å². The van der Waals surface area contributed by atoms with Gasteiger partial charge >= 0.3 is 11.9 Å². The number of hydrogen-bond donors (Lipinski definition) is 3. The standard InChI is InChI=1S/C14H15Cl2N3O.C2H2O4/c15-11-1-2-12(13(16)7-11)14-10(8-17-18-14)9-19-3-5-20-6-4-19;3-1(4)2(5)6/h1-2,7-8H,3-6,9H2,(H,17,18);(H,3,4)(H,5,6). The zero-order valence-corrected chi connectivity index (χ0v) is 15.1. The number of carboxylic acids is 2. The second kappa shape index (κ2) is 9.54. The number of ether oxygens (including phenoxy) is 1. The maximum absolute atomic E-state index is 9.10. The van der Waals surface area contributed by atoms with Gasteiger partial charge in [0, 0.05) is 35.8 Å². The zero-order valence-electron chi connectivity index (χ0n) is 13.6. The minimum Gasteiger partial charge on any atom is -0.473 e. The number of rotatable bonds is 3. The first-order valence-electron chi connectivity index (χ1n) is 7.62. The normalized spacial score (nSPS) is 14.4. The molecule has 0 amide bonds. The van der Waals surface area contributed by atoms with Gasteiger partial charge in [-0.25, -0.2) is 9.59 Å². The lowest BCUT2D eigenvalue weighted by atomic mass is 10.1. The van der Waals surface area contributed by atoms with Crippen LogP contribution >= 0.6 is 23.2 Å². The van der Waals surface area contributed by atoms with E-state index in [1.807, 2.05) is 18.3 Å². The van der Waals surface area contributed by atoms with E-state index < -0.39 is 11.9 Å². The Bertz CT molecular complexity index is 763. The predicted molar refractivity (Wildman–Crippen MR) is 95.4 cm³/mol. The van der Waals surface area contributed by atoms with Crippen LogP contribution in [0.25, 0.3) is 11.3 Å². The van der Waals surface area contributed by atoms with E-state index in [1.54, 1.807) is 6.07 Å². The maximum Gasteiger partial charge on any atom is 0.414 e. The van der Waals surface area contributed by atoms with Gasteiger partial charge in [-0.05, 0) is 18.2 Å². The molecule has 0 aliphatic carbocycles. The molecule has 1 aromatic heterocycles. The Hall–Kier alpha value is -2.13. The second-order valence-electron chi connectivity index (χ2n) is 5.39. The molecule has 8 nitrogen and oxygen atoms in total. The molecule has 10 heteroatoms. The topological polar surface area (TPSA) is 116 Å². The summed E-state index contributed by atoms with van der Waals surface area (Å²) >= 11 is 12.2. The maximum atomic E-state index is 9.10. The molecule has 0 spiro atoms. The van der Waals surface area contributed by atoms with Crippen LogP contribution in [0.2, 0.25) is 10.0 Å². The Morgan fingerprint density at radius 2 is 1.85 bits per heavy atom. The van der Waals surface area contributed by atoms with Crippen molar-refractivity contribution in [3.05, 3.63) is 40.0 Å². The number of aromatic nitrogens is 2. The van der Waals surface area contributed by atoms with Gasteiger partial charge in [0.05, 0.1) is 30.1 Å². The highest BCUT2D eigenvalue weighted by molar-refractivity contribution is 6.36. The van der Waals surface area contributed by atoms with Crippen LogP contribution in [0.4, 0.5) is 0 Å². The van der Waals surface area contributed by atoms with E-state index in [9.17, 15) is 0 Å². The molecule has 1 aliphatic rings. The van der Waals surface area contributed by atoms with Gasteiger partial charge in [0.2, 0.25) is 0 Å². The Morgan fingerprint density at radius 3 is 2.42 bits per heavy atom. The van der Waals surface area contributed by atoms with Crippen LogP contribution in [0.15, 0.2) is 24.4 Å². The molecule has 0 atom stereocenters. The summed E-state index contributed by atoms with van der Waals surface area (Å²) in [4.78, 5) is 20.5. The van der Waals surface area contributed by atoms with Gasteiger partial charge in [-0.2, -0.15) is 5.10 Å². The molecule has 1 fully saturated rings. The van der Waals surface area contributed by atoms with Gasteiger partial charge in [-0.1, -0.05) is 23.2 Å². The van der Waals surface area contributed by atoms with Crippen LogP contribution < -0.4 is 0 Å². The molecule has 3 rings (SSSR count). The molecular weight excluding hydrogens is 385 g/mol. The fraction of sp³-hybridized carbons (Fsp3) is 0.312. The van der Waals surface area contributed by atoms with Crippen LogP contribution in [-0.2, 0) is 20.9 Å². The minimum absolute atomic E-state index is 0.630. The van der Waals surface area contributed by atoms with Crippen molar-refractivity contribution < 1.29 is 24.5 Å². The van der Waals surface area contributed by atoms with Gasteiger partial charge in [0.15, 0.2) is 0 Å². The number of benzene rings is 1. The lowest BCUT2D eigenvalue weighted by molar-refractivity contribution is -0.159. The molecule has 0 radical (unpaired) electrons. The fourth-order valence-corrected chi connectivity index (χ4v) is 2.86. The van der Waals surface area contributed by atoms with Gasteiger partial charge in [-0.15, -0.1) is 0 Å². The quantitative estimate of drug-likeness (QED) is 0.675. The molecular formula is C16H17Cl2N3O5. The van der Waals surface area contributed by atoms with Gasteiger partial charge in [0.1, 0.15) is 0 Å². The Morgan fingerprint density at radius 1 is 1.19 bits per heavy atom. The van der Waals surface area contributed by atoms with Crippen molar-refractivity contribution in [1.82, 2.24) is 15.1 Å². The van der Waals surface area contributed by atoms with Crippen LogP contribution in [0.1, 0.15) is 5.56 Å². The molecule has 26 heavy (non-hydrogen) atoms. The zero-order chi connectivity index (χ0) is 19.1. The number of nitrogens with zero attached hydrogens (tertiary/aromatic N) is 2. The number of halogens is 2. The molecule has 0 saturated carbocycles. The summed E-state index contributed by atoms with van der Waals surface area (Å²) in [7, 11) is 0. The molecule has 1 saturated heterocycles. The Balaban J connectivity index is 0.000000352. The van der Waals surface area contributed by atoms with Crippen molar-refractivity contribution in [2.75, 3.05) is 26.3 Å². The van der Waals surface area contributed by atoms with Gasteiger partial charge < -0.3 is 14.9 Å². The average Bonchev–Trinajstić information content (AvgIpc) is 3.04. The summed E-state index contributed by atoms with van der Waals surface area (Å²) < 4.78 is 5.37. The highest BCUT2D eigenvalue weighted by Crippen LogP contribution is 2.31. The van der Waals surface area contributed by atoms with E-state index in [2.05, 4.69) is 15.1 Å². The number of nitrogens with one attached hydrogen (secondary N) is 1. The molecule has 2 heterocycles. The minimum atomic E-state index is -1.82. The first kappa shape index (κ1) is 20.2. The highest BCUT2D eigenvalue weighted by Gasteiger charge is 2.16. The van der Waals surface area contributed by atoms with Crippen LogP contribution in [0.3, 0.4) is 0 Å². The summed E-state index contributed by atoms with van der Waals surface area (Å²) in [6, 6.07) is 5.50. The SMILES string of the molecule is Clc1ccc(-c2[nH]ncc2CN2CCOCC2)c(Cl)c1.O=C(O)C(=O)O. The van der Waals surface area contributed by atoms with Gasteiger partial charge in [-0.3, -0.25) is 10.00 Å². The van der Waals surface area contributed by atoms with Crippen molar-refractivity contribution in [1.29, 1.82) is 0 Å². The summed E-state index contributed by atoms with van der Waals surface area (Å²) in [5, 5.41) is 23.2. The van der Waals surface area contributed by atoms with E-state index in [4.69, 9.17) is 47.7 Å². The lowest BCUT2D eigenvalue weighted by Crippen LogP contribution is -2.35. The Kier molecular flexibility index (Phi) is 7.40. The van der Waals surface area contributed by atoms with Crippen LogP contribution in [0, 0.1) is 0 Å². The fourth-order valence-electron chi connectivity index (χ4n) is 2.36. The molecule has 0 bridgehead atoms. The van der Waals surface area contributed by atoms with E-state index in [1.165, 1.54) is 0 Å². The highest BCUT2D eigenvalue weighted by atomic mass is 35.5. The van der Waals surface area contributed by atoms with Crippen LogP contribution in [0.5, 0.6) is 0 Å². The number of aliphatic carboxylic acids is 2. The summed E-state index contributed by atoms with van der Waals surface area (Å²) in [5.74, 6) is -3.65. The smallest absolute Gasteiger partial charge is 0.414 e. The molecule has 3 N–H and O–H groups in total. The van der Waals surface area contributed by atoms with Crippen molar-refractivity contribution >= 4 is 35.1 Å². The monoisotopic (exact) mass is 401 g/mol. The largest absolute Gasteiger partial charge is 0.473 e. The summed E-state index contributed by atoms with van der Waals surface area (Å²) in [6.07, 6.45) is 1.86. The predicted octanol–water partition coefficient (Wildman–Crippen LogP) is 2.37. The molecule has 1 aliphatic heterocycles. The van der Waals surface area contributed by atoms with Crippen molar-refractivity contribution in [3.8, 4) is 11.3 Å². The van der Waals surface area contributed by atoms with Crippen molar-refractivity contribution in [3.63, 3.8) is 0 Å². The first-order valence-corrected chi connectivity index (χ1v) is 8.38. The van der Waals surface area contributed by atoms with E-state index in [0.29, 0.717) is 10.0 Å². The number of carboxylic acid groups (broad SMARTS) is 2. The van der Waals surface area contributed by atoms with Gasteiger partial charge in [0.25, 0.3) is 0 Å². The third-order valence-electron chi connectivity index (χ3n) is 3.60. The third kappa shape index (κ3) is 5.70. The summed E-state index contributed by atoms with van der Waals surface area (Å²) in [5.41, 5.74) is 3.02. The van der Waals surface area contributed by atoms with E-state index in [0.717, 1.165) is 49.7 Å². The number of morpholine rings is 1. The summed E-state index contributed by atoms with van der Waals surface area (Å²) in [6.45, 7) is 4.30. The molecule has 140 valence electrons. The first-order chi connectivity index (χ1) is 12.4. The molecule has 0 unspecified atom stereocenters. The number of hydrogen-bond acceptors (Lipinski definition) is 5. The lowest BCUT2D eigenvalue weighted by Gasteiger charge is -2.26. The second-order valence-corrected chi connectivity index (χ2v) is 6.24. The number of H-pyrrole nitrogens is 1. The third-order valence-corrected chi connectivity index (χ3v) is 4.15. The molecule has 2 aromatic rings. The molecule has 1 aromatic carbocycles. The van der Waals surface area contributed by atoms with Crippen molar-refractivity contribution in [2.45, 2.75) is 6.54 Å². The van der Waals surface area contributed by atoms with Crippen molar-refractivity contribution in [2.24, 2.45) is 0 Å². The average molecular weight is 402 g/mol. The number of carbonyl (C=O) groups is 2. The van der Waals surface area contributed by atoms with E-state index in [-0.39, 0.29) is 0 Å². The van der Waals surface area contributed by atoms with E-state index >= 15 is 0 Å². The van der Waals surface area contributed by atoms with Crippen LogP contribution in [-0.4, -0.2) is 63.6 Å².